The van der Waals surface area contributed by atoms with Crippen molar-refractivity contribution in [3.63, 3.8) is 0 Å². The average molecular weight is 240 g/mol. The van der Waals surface area contributed by atoms with Crippen molar-refractivity contribution in [3.8, 4) is 0 Å². The lowest BCUT2D eigenvalue weighted by atomic mass is 10.1. The SMILES string of the molecule is NNc1ccc(Cl)cc1C(=O)N1CCCC1. The van der Waals surface area contributed by atoms with Crippen molar-refractivity contribution in [1.82, 2.24) is 4.90 Å². The number of benzene rings is 1. The molecule has 3 N–H and O–H groups in total. The lowest BCUT2D eigenvalue weighted by Gasteiger charge is -2.17. The number of nitrogen functional groups attached to an aromatic ring is 1. The Bertz CT molecular complexity index is 402. The lowest BCUT2D eigenvalue weighted by Crippen LogP contribution is -2.28. The zero-order valence-corrected chi connectivity index (χ0v) is 9.63. The maximum absolute atomic E-state index is 12.2. The molecule has 1 aromatic carbocycles. The fourth-order valence-electron chi connectivity index (χ4n) is 1.91. The molecule has 16 heavy (non-hydrogen) atoms. The minimum atomic E-state index is -0.00653. The van der Waals surface area contributed by atoms with E-state index in [0.717, 1.165) is 25.9 Å². The summed E-state index contributed by atoms with van der Waals surface area (Å²) in [5.41, 5.74) is 3.67. The van der Waals surface area contributed by atoms with E-state index in [1.54, 1.807) is 18.2 Å². The summed E-state index contributed by atoms with van der Waals surface area (Å²) in [6, 6.07) is 5.07. The molecule has 1 heterocycles. The van der Waals surface area contributed by atoms with Crippen LogP contribution in [0, 0.1) is 0 Å². The summed E-state index contributed by atoms with van der Waals surface area (Å²) in [7, 11) is 0. The number of carbonyl (C=O) groups is 1. The van der Waals surface area contributed by atoms with Crippen molar-refractivity contribution in [1.29, 1.82) is 0 Å². The van der Waals surface area contributed by atoms with Gasteiger partial charge in [-0.15, -0.1) is 0 Å². The van der Waals surface area contributed by atoms with Crippen molar-refractivity contribution in [2.75, 3.05) is 18.5 Å². The highest BCUT2D eigenvalue weighted by molar-refractivity contribution is 6.31. The Labute approximate surface area is 99.3 Å². The van der Waals surface area contributed by atoms with Gasteiger partial charge in [-0.25, -0.2) is 0 Å². The Balaban J connectivity index is 2.30. The largest absolute Gasteiger partial charge is 0.339 e. The van der Waals surface area contributed by atoms with Gasteiger partial charge in [-0.1, -0.05) is 11.6 Å². The number of hydrogen-bond acceptors (Lipinski definition) is 3. The molecule has 1 saturated heterocycles. The molecule has 86 valence electrons. The molecule has 4 nitrogen and oxygen atoms in total. The molecule has 0 saturated carbocycles. The Morgan fingerprint density at radius 1 is 1.38 bits per heavy atom. The highest BCUT2D eigenvalue weighted by Crippen LogP contribution is 2.23. The minimum Gasteiger partial charge on any atom is -0.339 e. The number of halogens is 1. The van der Waals surface area contributed by atoms with E-state index in [-0.39, 0.29) is 5.91 Å². The number of nitrogens with one attached hydrogen (secondary N) is 1. The number of rotatable bonds is 2. The summed E-state index contributed by atoms with van der Waals surface area (Å²) in [4.78, 5) is 14.0. The zero-order chi connectivity index (χ0) is 11.5. The highest BCUT2D eigenvalue weighted by Gasteiger charge is 2.21. The molecule has 1 aliphatic heterocycles. The van der Waals surface area contributed by atoms with E-state index in [9.17, 15) is 4.79 Å². The second kappa shape index (κ2) is 4.72. The number of carbonyl (C=O) groups excluding carboxylic acids is 1. The van der Waals surface area contributed by atoms with Crippen molar-refractivity contribution >= 4 is 23.2 Å². The Morgan fingerprint density at radius 3 is 2.69 bits per heavy atom. The topological polar surface area (TPSA) is 58.4 Å². The van der Waals surface area contributed by atoms with E-state index in [1.165, 1.54) is 0 Å². The Hall–Kier alpha value is -1.26. The van der Waals surface area contributed by atoms with Crippen LogP contribution < -0.4 is 11.3 Å². The molecule has 0 unspecified atom stereocenters. The minimum absolute atomic E-state index is 0.00653. The smallest absolute Gasteiger partial charge is 0.256 e. The van der Waals surface area contributed by atoms with Crippen LogP contribution in [0.25, 0.3) is 0 Å². The van der Waals surface area contributed by atoms with Gasteiger partial charge in [0.2, 0.25) is 0 Å². The predicted octanol–water partition coefficient (Wildman–Crippen LogP) is 1.86. The van der Waals surface area contributed by atoms with Crippen LogP contribution in [-0.4, -0.2) is 23.9 Å². The molecular formula is C11H14ClN3O. The second-order valence-corrected chi connectivity index (χ2v) is 4.27. The van der Waals surface area contributed by atoms with E-state index in [2.05, 4.69) is 5.43 Å². The van der Waals surface area contributed by atoms with Crippen LogP contribution in [0.5, 0.6) is 0 Å². The number of anilines is 1. The van der Waals surface area contributed by atoms with E-state index in [4.69, 9.17) is 17.4 Å². The van der Waals surface area contributed by atoms with Crippen LogP contribution in [0.1, 0.15) is 23.2 Å². The van der Waals surface area contributed by atoms with Crippen LogP contribution >= 0.6 is 11.6 Å². The molecule has 2 rings (SSSR count). The van der Waals surface area contributed by atoms with Crippen molar-refractivity contribution in [2.45, 2.75) is 12.8 Å². The van der Waals surface area contributed by atoms with Crippen LogP contribution in [0.2, 0.25) is 5.02 Å². The summed E-state index contributed by atoms with van der Waals surface area (Å²) >= 11 is 5.89. The summed E-state index contributed by atoms with van der Waals surface area (Å²) in [6.07, 6.45) is 2.13. The molecule has 0 radical (unpaired) electrons. The number of nitrogens with two attached hydrogens (primary N) is 1. The average Bonchev–Trinajstić information content (AvgIpc) is 2.81. The molecule has 0 aliphatic carbocycles. The third-order valence-corrected chi connectivity index (χ3v) is 3.00. The van der Waals surface area contributed by atoms with Crippen LogP contribution in [0.15, 0.2) is 18.2 Å². The molecule has 1 fully saturated rings. The predicted molar refractivity (Wildman–Crippen MR) is 64.4 cm³/mol. The van der Waals surface area contributed by atoms with Gasteiger partial charge in [0.1, 0.15) is 0 Å². The first-order valence-electron chi connectivity index (χ1n) is 5.28. The van der Waals surface area contributed by atoms with E-state index in [1.807, 2.05) is 4.90 Å². The van der Waals surface area contributed by atoms with Gasteiger partial charge >= 0.3 is 0 Å². The molecule has 0 spiro atoms. The zero-order valence-electron chi connectivity index (χ0n) is 8.87. The number of amides is 1. The van der Waals surface area contributed by atoms with Crippen LogP contribution in [-0.2, 0) is 0 Å². The number of nitrogens with zero attached hydrogens (tertiary/aromatic N) is 1. The summed E-state index contributed by atoms with van der Waals surface area (Å²) in [5.74, 6) is 5.37. The van der Waals surface area contributed by atoms with E-state index < -0.39 is 0 Å². The second-order valence-electron chi connectivity index (χ2n) is 3.83. The molecule has 1 amide bonds. The number of hydrogen-bond donors (Lipinski definition) is 2. The van der Waals surface area contributed by atoms with Crippen LogP contribution in [0.4, 0.5) is 5.69 Å². The van der Waals surface area contributed by atoms with Gasteiger partial charge in [0.15, 0.2) is 0 Å². The van der Waals surface area contributed by atoms with Gasteiger partial charge in [-0.05, 0) is 31.0 Å². The molecule has 0 atom stereocenters. The van der Waals surface area contributed by atoms with Gasteiger partial charge in [-0.3, -0.25) is 10.6 Å². The Morgan fingerprint density at radius 2 is 2.06 bits per heavy atom. The van der Waals surface area contributed by atoms with Gasteiger partial charge in [0.05, 0.1) is 11.3 Å². The first-order chi connectivity index (χ1) is 7.72. The molecule has 0 aromatic heterocycles. The normalized spacial score (nSPS) is 15.2. The summed E-state index contributed by atoms with van der Waals surface area (Å²) in [5, 5.41) is 0.543. The molecule has 5 heteroatoms. The maximum atomic E-state index is 12.2. The van der Waals surface area contributed by atoms with E-state index >= 15 is 0 Å². The van der Waals surface area contributed by atoms with Gasteiger partial charge in [0, 0.05) is 18.1 Å². The highest BCUT2D eigenvalue weighted by atomic mass is 35.5. The molecule has 1 aromatic rings. The van der Waals surface area contributed by atoms with Crippen molar-refractivity contribution in [3.05, 3.63) is 28.8 Å². The third kappa shape index (κ3) is 2.13. The first kappa shape index (κ1) is 11.2. The molecule has 1 aliphatic rings. The van der Waals surface area contributed by atoms with Gasteiger partial charge < -0.3 is 10.3 Å². The maximum Gasteiger partial charge on any atom is 0.256 e. The molecular weight excluding hydrogens is 226 g/mol. The van der Waals surface area contributed by atoms with Crippen molar-refractivity contribution in [2.24, 2.45) is 5.84 Å². The van der Waals surface area contributed by atoms with Gasteiger partial charge in [-0.2, -0.15) is 0 Å². The standard InChI is InChI=1S/C11H14ClN3O/c12-8-3-4-10(14-13)9(7-8)11(16)15-5-1-2-6-15/h3-4,7,14H,1-2,5-6,13H2. The first-order valence-corrected chi connectivity index (χ1v) is 5.65. The lowest BCUT2D eigenvalue weighted by molar-refractivity contribution is 0.0793. The fraction of sp³-hybridized carbons (Fsp3) is 0.364. The fourth-order valence-corrected chi connectivity index (χ4v) is 2.08. The van der Waals surface area contributed by atoms with Crippen LogP contribution in [0.3, 0.4) is 0 Å². The summed E-state index contributed by atoms with van der Waals surface area (Å²) < 4.78 is 0. The number of likely N-dealkylation sites (tertiary alicyclic amines) is 1. The monoisotopic (exact) mass is 239 g/mol. The quantitative estimate of drug-likeness (QED) is 0.612. The van der Waals surface area contributed by atoms with Gasteiger partial charge in [0.25, 0.3) is 5.91 Å². The summed E-state index contributed by atoms with van der Waals surface area (Å²) in [6.45, 7) is 1.63. The molecule has 0 bridgehead atoms. The Kier molecular flexibility index (Phi) is 3.31. The van der Waals surface area contributed by atoms with Crippen molar-refractivity contribution < 1.29 is 4.79 Å². The number of hydrazine groups is 1. The van der Waals surface area contributed by atoms with E-state index in [0.29, 0.717) is 16.3 Å². The third-order valence-electron chi connectivity index (χ3n) is 2.76.